The summed E-state index contributed by atoms with van der Waals surface area (Å²) in [7, 11) is 5.33. The molecule has 2 rings (SSSR count). The van der Waals surface area contributed by atoms with E-state index >= 15 is 0 Å². The van der Waals surface area contributed by atoms with Crippen molar-refractivity contribution in [1.82, 2.24) is 9.97 Å². The van der Waals surface area contributed by atoms with Crippen LogP contribution in [-0.4, -0.2) is 36.3 Å². The number of hydrogen-bond acceptors (Lipinski definition) is 6. The third-order valence-electron chi connectivity index (χ3n) is 3.41. The summed E-state index contributed by atoms with van der Waals surface area (Å²) in [4.78, 5) is 10.1. The fourth-order valence-electron chi connectivity index (χ4n) is 2.14. The van der Waals surface area contributed by atoms with Gasteiger partial charge in [0.25, 0.3) is 0 Å². The van der Waals surface area contributed by atoms with Crippen molar-refractivity contribution in [2.45, 2.75) is 19.5 Å². The van der Waals surface area contributed by atoms with Gasteiger partial charge in [-0.3, -0.25) is 7.05 Å². The fraction of sp³-hybridized carbons (Fsp3) is 0.333. The van der Waals surface area contributed by atoms with Crippen LogP contribution in [0.4, 0.5) is 20.4 Å². The maximum Gasteiger partial charge on any atom is 0.394 e. The van der Waals surface area contributed by atoms with E-state index in [2.05, 4.69) is 34.0 Å². The Kier molecular flexibility index (Phi) is 9.32. The number of ether oxygens (including phenoxy) is 2. The minimum absolute atomic E-state index is 0. The van der Waals surface area contributed by atoms with Crippen LogP contribution in [0.2, 0.25) is 0 Å². The van der Waals surface area contributed by atoms with Crippen LogP contribution in [0, 0.1) is 14.0 Å². The largest absolute Gasteiger partial charge is 0.535 e. The van der Waals surface area contributed by atoms with Crippen molar-refractivity contribution < 1.29 is 51.0 Å². The summed E-state index contributed by atoms with van der Waals surface area (Å²) in [6.45, 7) is 5.51. The summed E-state index contributed by atoms with van der Waals surface area (Å²) >= 11 is 0. The molecule has 6 nitrogen and oxygen atoms in total. The smallest absolute Gasteiger partial charge is 0.394 e. The molecule has 0 aliphatic heterocycles. The van der Waals surface area contributed by atoms with Crippen LogP contribution < -0.4 is 19.7 Å². The molecule has 0 bridgehead atoms. The maximum atomic E-state index is 12.8. The van der Waals surface area contributed by atoms with Gasteiger partial charge in [-0.05, 0) is 24.1 Å². The van der Waals surface area contributed by atoms with Crippen LogP contribution in [0.15, 0.2) is 30.3 Å². The van der Waals surface area contributed by atoms with Gasteiger partial charge in [-0.15, -0.1) is 6.54 Å². The topological polar surface area (TPSA) is 59.5 Å². The molecule has 1 radical (unpaired) electrons. The van der Waals surface area contributed by atoms with E-state index in [-0.39, 0.29) is 44.5 Å². The van der Waals surface area contributed by atoms with E-state index in [9.17, 15) is 8.78 Å². The second-order valence-corrected chi connectivity index (χ2v) is 5.59. The SMILES string of the molecule is [CH2-]CN([CH2-])c1cc(NCCc2ccc(OC(C)(F)F)cc2)nc(OC)n1.[Y]. The molecule has 0 saturated heterocycles. The zero-order valence-corrected chi connectivity index (χ0v) is 18.3. The molecular weight excluding hydrogens is 431 g/mol. The van der Waals surface area contributed by atoms with Crippen LogP contribution in [-0.2, 0) is 39.1 Å². The summed E-state index contributed by atoms with van der Waals surface area (Å²) in [5, 5.41) is 3.18. The molecule has 145 valence electrons. The van der Waals surface area contributed by atoms with Crippen LogP contribution in [0.5, 0.6) is 11.8 Å². The first-order valence-electron chi connectivity index (χ1n) is 8.00. The van der Waals surface area contributed by atoms with E-state index in [1.54, 1.807) is 23.1 Å². The average Bonchev–Trinajstić information content (AvgIpc) is 2.61. The number of aromatic nitrogens is 2. The molecular formula is C18H22F2N4O2Y-2. The monoisotopic (exact) mass is 453 g/mol. The summed E-state index contributed by atoms with van der Waals surface area (Å²) in [5.41, 5.74) is 0.974. The number of rotatable bonds is 9. The van der Waals surface area contributed by atoms with E-state index in [0.717, 1.165) is 5.56 Å². The zero-order chi connectivity index (χ0) is 19.2. The maximum absolute atomic E-state index is 12.8. The summed E-state index contributed by atoms with van der Waals surface area (Å²) in [6, 6.07) is 8.51. The molecule has 9 heteroatoms. The Hall–Kier alpha value is -1.54. The van der Waals surface area contributed by atoms with Crippen LogP contribution >= 0.6 is 0 Å². The predicted molar refractivity (Wildman–Crippen MR) is 96.5 cm³/mol. The van der Waals surface area contributed by atoms with Gasteiger partial charge in [0, 0.05) is 52.2 Å². The predicted octanol–water partition coefficient (Wildman–Crippen LogP) is 3.56. The van der Waals surface area contributed by atoms with E-state index in [1.165, 1.54) is 19.2 Å². The molecule has 1 aromatic heterocycles. The first-order chi connectivity index (χ1) is 12.3. The number of anilines is 2. The molecule has 1 aromatic carbocycles. The van der Waals surface area contributed by atoms with Gasteiger partial charge in [0.2, 0.25) is 0 Å². The molecule has 0 atom stereocenters. The van der Waals surface area contributed by atoms with Crippen LogP contribution in [0.3, 0.4) is 0 Å². The van der Waals surface area contributed by atoms with Gasteiger partial charge in [-0.1, -0.05) is 12.1 Å². The molecule has 0 fully saturated rings. The second kappa shape index (κ2) is 10.7. The van der Waals surface area contributed by atoms with Gasteiger partial charge in [0.1, 0.15) is 17.4 Å². The van der Waals surface area contributed by atoms with Crippen molar-refractivity contribution in [2.24, 2.45) is 0 Å². The Morgan fingerprint density at radius 1 is 1.22 bits per heavy atom. The van der Waals surface area contributed by atoms with Gasteiger partial charge in [-0.2, -0.15) is 18.7 Å². The number of hydrogen-bond donors (Lipinski definition) is 1. The summed E-state index contributed by atoms with van der Waals surface area (Å²) in [6.07, 6.45) is -2.52. The van der Waals surface area contributed by atoms with Crippen LogP contribution in [0.25, 0.3) is 0 Å². The van der Waals surface area contributed by atoms with Gasteiger partial charge in [0.15, 0.2) is 0 Å². The molecule has 0 saturated carbocycles. The van der Waals surface area contributed by atoms with Crippen molar-refractivity contribution in [2.75, 3.05) is 30.4 Å². The van der Waals surface area contributed by atoms with Gasteiger partial charge >= 0.3 is 12.1 Å². The third kappa shape index (κ3) is 7.93. The van der Waals surface area contributed by atoms with Gasteiger partial charge < -0.3 is 26.6 Å². The molecule has 0 spiro atoms. The Morgan fingerprint density at radius 3 is 2.44 bits per heavy atom. The van der Waals surface area contributed by atoms with E-state index < -0.39 is 6.11 Å². The molecule has 27 heavy (non-hydrogen) atoms. The molecule has 0 aliphatic carbocycles. The fourth-order valence-corrected chi connectivity index (χ4v) is 2.14. The summed E-state index contributed by atoms with van der Waals surface area (Å²) < 4.78 is 35.2. The van der Waals surface area contributed by atoms with Crippen molar-refractivity contribution in [1.29, 1.82) is 0 Å². The Labute approximate surface area is 183 Å². The van der Waals surface area contributed by atoms with Crippen molar-refractivity contribution >= 4 is 11.6 Å². The molecule has 0 unspecified atom stereocenters. The second-order valence-electron chi connectivity index (χ2n) is 5.59. The molecule has 0 amide bonds. The minimum Gasteiger partial charge on any atom is -0.535 e. The number of nitrogens with zero attached hydrogens (tertiary/aromatic N) is 3. The Morgan fingerprint density at radius 2 is 1.89 bits per heavy atom. The minimum atomic E-state index is -3.19. The van der Waals surface area contributed by atoms with Crippen molar-refractivity contribution in [3.63, 3.8) is 0 Å². The Balaban J connectivity index is 0.00000364. The standard InChI is InChI=1S/C18H22F2N4O2.Y/c1-5-24(3)16-12-15(22-17(23-16)25-4)21-11-10-13-6-8-14(9-7-13)26-18(2,19)20;/h6-9,12H,1,3,5,10-11H2,2,4H3,(H,21,22,23);/q-2;. The quantitative estimate of drug-likeness (QED) is 0.587. The zero-order valence-electron chi connectivity index (χ0n) is 15.4. The van der Waals surface area contributed by atoms with Gasteiger partial charge in [-0.25, -0.2) is 0 Å². The van der Waals surface area contributed by atoms with Crippen molar-refractivity contribution in [3.05, 3.63) is 49.9 Å². The Bertz CT molecular complexity index is 711. The molecule has 1 heterocycles. The molecule has 0 aliphatic rings. The van der Waals surface area contributed by atoms with Gasteiger partial charge in [0.05, 0.1) is 7.11 Å². The van der Waals surface area contributed by atoms with E-state index in [1.807, 2.05) is 0 Å². The normalized spacial score (nSPS) is 10.7. The molecule has 1 N–H and O–H groups in total. The average molecular weight is 453 g/mol. The first kappa shape index (κ1) is 23.5. The number of methoxy groups -OCH3 is 1. The first-order valence-corrected chi connectivity index (χ1v) is 8.00. The van der Waals surface area contributed by atoms with E-state index in [0.29, 0.717) is 38.1 Å². The van der Waals surface area contributed by atoms with Crippen LogP contribution in [0.1, 0.15) is 12.5 Å². The van der Waals surface area contributed by atoms with E-state index in [4.69, 9.17) is 4.74 Å². The summed E-state index contributed by atoms with van der Waals surface area (Å²) in [5.74, 6) is 1.32. The van der Waals surface area contributed by atoms with Crippen molar-refractivity contribution in [3.8, 4) is 11.8 Å². The molecule has 2 aromatic rings. The number of nitrogens with one attached hydrogen (secondary N) is 1. The number of benzene rings is 1. The number of alkyl halides is 2. The number of halogens is 2. The third-order valence-corrected chi connectivity index (χ3v) is 3.41.